The summed E-state index contributed by atoms with van der Waals surface area (Å²) in [6.07, 6.45) is 20.7. The number of rotatable bonds is 4. The topological polar surface area (TPSA) is 0 Å². The maximum absolute atomic E-state index is 2.61. The van der Waals surface area contributed by atoms with E-state index >= 15 is 0 Å². The Morgan fingerprint density at radius 3 is 2.48 bits per heavy atom. The van der Waals surface area contributed by atoms with Crippen molar-refractivity contribution in [1.29, 1.82) is 0 Å². The van der Waals surface area contributed by atoms with Crippen LogP contribution in [0.25, 0.3) is 0 Å². The van der Waals surface area contributed by atoms with Gasteiger partial charge >= 0.3 is 129 Å². The maximum Gasteiger partial charge on any atom is -1.00 e. The van der Waals surface area contributed by atoms with Gasteiger partial charge in [0.2, 0.25) is 0 Å². The number of hydrogen-bond acceptors (Lipinski definition) is 0. The molecular formula is C18H24Cl2Zr. The second kappa shape index (κ2) is 9.54. The molecule has 3 aliphatic carbocycles. The summed E-state index contributed by atoms with van der Waals surface area (Å²) >= 11 is -0.490. The van der Waals surface area contributed by atoms with Crippen LogP contribution in [0.2, 0.25) is 0 Å². The summed E-state index contributed by atoms with van der Waals surface area (Å²) in [5.74, 6) is 0.920. The van der Waals surface area contributed by atoms with Crippen molar-refractivity contribution in [2.75, 3.05) is 0 Å². The van der Waals surface area contributed by atoms with E-state index in [1.807, 2.05) is 8.85 Å². The molecular weight excluding hydrogens is 378 g/mol. The third-order valence-electron chi connectivity index (χ3n) is 4.74. The van der Waals surface area contributed by atoms with Gasteiger partial charge < -0.3 is 24.8 Å². The minimum Gasteiger partial charge on any atom is -1.00 e. The van der Waals surface area contributed by atoms with Gasteiger partial charge in [0.1, 0.15) is 0 Å². The fraction of sp³-hybridized carbons (Fsp3) is 0.556. The van der Waals surface area contributed by atoms with Gasteiger partial charge in [-0.15, -0.1) is 0 Å². The van der Waals surface area contributed by atoms with Gasteiger partial charge in [-0.05, 0) is 0 Å². The molecule has 3 rings (SSSR count). The van der Waals surface area contributed by atoms with Gasteiger partial charge in [-0.3, -0.25) is 0 Å². The van der Waals surface area contributed by atoms with Gasteiger partial charge in [-0.2, -0.15) is 0 Å². The Hall–Kier alpha value is 0.423. The summed E-state index contributed by atoms with van der Waals surface area (Å²) in [6.45, 7) is 2.35. The van der Waals surface area contributed by atoms with E-state index in [0.717, 1.165) is 5.92 Å². The van der Waals surface area contributed by atoms with E-state index < -0.39 is 23.2 Å². The zero-order valence-corrected chi connectivity index (χ0v) is 16.8. The van der Waals surface area contributed by atoms with E-state index in [1.165, 1.54) is 51.4 Å². The standard InChI is InChI=1S/C13H19.C5H5.2ClH.Zr/c1-2-11-8-9-13(10-11)12-6-4-3-5-7-12;1-2-4-5-3-1;;;/h9,12H,2-8H2,1H3;1-3H,4H2;2*1H;/q;;;;+2/p-2. The molecule has 0 bridgehead atoms. The molecule has 0 aliphatic heterocycles. The molecule has 3 aliphatic rings. The molecule has 0 heterocycles. The van der Waals surface area contributed by atoms with Crippen LogP contribution in [0.4, 0.5) is 0 Å². The van der Waals surface area contributed by atoms with E-state index in [-0.39, 0.29) is 24.8 Å². The molecule has 0 saturated heterocycles. The predicted octanol–water partition coefficient (Wildman–Crippen LogP) is -0.505. The van der Waals surface area contributed by atoms with Crippen molar-refractivity contribution in [1.82, 2.24) is 0 Å². The molecule has 0 aromatic heterocycles. The van der Waals surface area contributed by atoms with Crippen LogP contribution in [-0.2, 0) is 23.2 Å². The van der Waals surface area contributed by atoms with E-state index in [1.54, 1.807) is 8.85 Å². The summed E-state index contributed by atoms with van der Waals surface area (Å²) in [7, 11) is 0. The molecule has 0 atom stereocenters. The van der Waals surface area contributed by atoms with Crippen LogP contribution in [0.5, 0.6) is 0 Å². The smallest absolute Gasteiger partial charge is 1.00 e. The molecule has 0 aromatic rings. The number of halogens is 2. The molecule has 21 heavy (non-hydrogen) atoms. The molecule has 1 fully saturated rings. The summed E-state index contributed by atoms with van der Waals surface area (Å²) < 4.78 is 3.68. The van der Waals surface area contributed by atoms with Crippen LogP contribution in [-0.4, -0.2) is 0 Å². The summed E-state index contributed by atoms with van der Waals surface area (Å²) in [5.41, 5.74) is 3.61. The van der Waals surface area contributed by atoms with Crippen molar-refractivity contribution in [2.45, 2.75) is 58.3 Å². The average molecular weight is 403 g/mol. The Labute approximate surface area is 153 Å². The second-order valence-corrected chi connectivity index (χ2v) is 9.40. The Morgan fingerprint density at radius 2 is 1.86 bits per heavy atom. The van der Waals surface area contributed by atoms with Crippen LogP contribution in [0.15, 0.2) is 42.0 Å². The van der Waals surface area contributed by atoms with Gasteiger partial charge in [0.15, 0.2) is 0 Å². The second-order valence-electron chi connectivity index (χ2n) is 5.98. The minimum atomic E-state index is -0.490. The Morgan fingerprint density at radius 1 is 1.10 bits per heavy atom. The van der Waals surface area contributed by atoms with Gasteiger partial charge in [0, 0.05) is 0 Å². The quantitative estimate of drug-likeness (QED) is 0.595. The van der Waals surface area contributed by atoms with Crippen molar-refractivity contribution in [3.63, 3.8) is 0 Å². The molecule has 1 saturated carbocycles. The maximum atomic E-state index is 2.61. The zero-order valence-electron chi connectivity index (χ0n) is 12.8. The third kappa shape index (κ3) is 4.70. The largest absolute Gasteiger partial charge is 1.00 e. The van der Waals surface area contributed by atoms with Crippen molar-refractivity contribution < 1.29 is 48.0 Å². The molecule has 0 aromatic carbocycles. The van der Waals surface area contributed by atoms with Crippen LogP contribution < -0.4 is 24.8 Å². The SMILES string of the molecule is CCC1=[C]([Zr+2][C]2=CC=CC2)C(C2CCCCC2)=CC1.[Cl-].[Cl-]. The fourth-order valence-corrected chi connectivity index (χ4v) is 7.61. The molecule has 3 heteroatoms. The van der Waals surface area contributed by atoms with Crippen molar-refractivity contribution in [2.24, 2.45) is 5.92 Å². The summed E-state index contributed by atoms with van der Waals surface area (Å²) in [5, 5.41) is 0. The molecule has 0 N–H and O–H groups in total. The van der Waals surface area contributed by atoms with E-state index in [2.05, 4.69) is 31.2 Å². The molecule has 114 valence electrons. The summed E-state index contributed by atoms with van der Waals surface area (Å²) in [6, 6.07) is 0. The number of allylic oxidation sites excluding steroid dienone is 8. The monoisotopic (exact) mass is 400 g/mol. The van der Waals surface area contributed by atoms with Crippen molar-refractivity contribution in [3.05, 3.63) is 42.0 Å². The van der Waals surface area contributed by atoms with E-state index in [9.17, 15) is 0 Å². The first kappa shape index (κ1) is 19.5. The van der Waals surface area contributed by atoms with Crippen LogP contribution in [0.3, 0.4) is 0 Å². The minimum absolute atomic E-state index is 0. The van der Waals surface area contributed by atoms with Crippen LogP contribution in [0, 0.1) is 5.92 Å². The molecule has 0 unspecified atom stereocenters. The first-order chi connectivity index (χ1) is 9.38. The van der Waals surface area contributed by atoms with Gasteiger partial charge in [-0.1, -0.05) is 0 Å². The van der Waals surface area contributed by atoms with Crippen molar-refractivity contribution in [3.8, 4) is 0 Å². The van der Waals surface area contributed by atoms with Gasteiger partial charge in [0.05, 0.1) is 0 Å². The van der Waals surface area contributed by atoms with Gasteiger partial charge in [-0.25, -0.2) is 0 Å². The van der Waals surface area contributed by atoms with Crippen LogP contribution in [0.1, 0.15) is 58.3 Å². The first-order valence-corrected chi connectivity index (χ1v) is 10.4. The van der Waals surface area contributed by atoms with Crippen LogP contribution >= 0.6 is 0 Å². The fourth-order valence-electron chi connectivity index (χ4n) is 3.61. The average Bonchev–Trinajstić information content (AvgIpc) is 3.10. The predicted molar refractivity (Wildman–Crippen MR) is 78.4 cm³/mol. The molecule has 0 nitrogen and oxygen atoms in total. The number of hydrogen-bond donors (Lipinski definition) is 0. The summed E-state index contributed by atoms with van der Waals surface area (Å²) in [4.78, 5) is 0. The van der Waals surface area contributed by atoms with Crippen molar-refractivity contribution >= 4 is 0 Å². The Balaban J connectivity index is 0.00000110. The van der Waals surface area contributed by atoms with Gasteiger partial charge in [0.25, 0.3) is 0 Å². The Bertz CT molecular complexity index is 466. The normalized spacial score (nSPS) is 21.4. The first-order valence-electron chi connectivity index (χ1n) is 7.93. The zero-order chi connectivity index (χ0) is 13.1. The van der Waals surface area contributed by atoms with E-state index in [0.29, 0.717) is 0 Å². The Kier molecular flexibility index (Phi) is 8.84. The molecule has 0 amide bonds. The third-order valence-corrected chi connectivity index (χ3v) is 8.63. The molecule has 0 spiro atoms. The van der Waals surface area contributed by atoms with E-state index in [4.69, 9.17) is 0 Å². The molecule has 0 radical (unpaired) electrons.